The van der Waals surface area contributed by atoms with E-state index in [1.54, 1.807) is 7.05 Å². The molecule has 0 radical (unpaired) electrons. The Morgan fingerprint density at radius 1 is 1.17 bits per heavy atom. The molecule has 2 aromatic rings. The normalized spacial score (nSPS) is 11.1. The van der Waals surface area contributed by atoms with Gasteiger partial charge in [-0.25, -0.2) is 14.8 Å². The predicted octanol–water partition coefficient (Wildman–Crippen LogP) is 0.311. The topological polar surface area (TPSA) is 69.8 Å². The number of hydrogen-bond donors (Lipinski definition) is 0. The fourth-order valence-corrected chi connectivity index (χ4v) is 2.36. The van der Waals surface area contributed by atoms with E-state index in [0.29, 0.717) is 28.3 Å². The Bertz CT molecular complexity index is 732. The van der Waals surface area contributed by atoms with E-state index >= 15 is 0 Å². The van der Waals surface area contributed by atoms with E-state index in [-0.39, 0.29) is 11.2 Å². The summed E-state index contributed by atoms with van der Waals surface area (Å²) in [7, 11) is 3.07. The molecule has 0 aromatic carbocycles. The van der Waals surface area contributed by atoms with E-state index in [2.05, 4.69) is 9.97 Å². The molecule has 6 nitrogen and oxygen atoms in total. The highest BCUT2D eigenvalue weighted by molar-refractivity contribution is 7.98. The summed E-state index contributed by atoms with van der Waals surface area (Å²) >= 11 is 1.39. The average Bonchev–Trinajstić information content (AvgIpc) is 2.41. The average molecular weight is 266 g/mol. The van der Waals surface area contributed by atoms with Crippen molar-refractivity contribution in [3.05, 3.63) is 26.7 Å². The smallest absolute Gasteiger partial charge is 0.280 e. The molecule has 0 N–H and O–H groups in total. The third-order valence-corrected chi connectivity index (χ3v) is 3.50. The summed E-state index contributed by atoms with van der Waals surface area (Å²) in [6.45, 7) is 1.93. The molecule has 0 bridgehead atoms. The maximum Gasteiger partial charge on any atom is 0.332 e. The molecule has 0 aliphatic rings. The van der Waals surface area contributed by atoms with Gasteiger partial charge in [0.25, 0.3) is 5.56 Å². The fourth-order valence-electron chi connectivity index (χ4n) is 1.78. The summed E-state index contributed by atoms with van der Waals surface area (Å²) in [5.41, 5.74) is -0.320. The molecule has 0 amide bonds. The van der Waals surface area contributed by atoms with E-state index in [9.17, 15) is 9.59 Å². The highest BCUT2D eigenvalue weighted by Crippen LogP contribution is 2.19. The zero-order valence-corrected chi connectivity index (χ0v) is 11.5. The number of aromatic nitrogens is 4. The van der Waals surface area contributed by atoms with Crippen molar-refractivity contribution >= 4 is 22.8 Å². The van der Waals surface area contributed by atoms with Crippen molar-refractivity contribution in [3.63, 3.8) is 0 Å². The van der Waals surface area contributed by atoms with E-state index in [0.717, 1.165) is 4.57 Å². The number of nitrogens with zero attached hydrogens (tertiary/aromatic N) is 4. The lowest BCUT2D eigenvalue weighted by atomic mass is 10.3. The molecule has 2 heterocycles. The van der Waals surface area contributed by atoms with Crippen molar-refractivity contribution in [1.82, 2.24) is 19.1 Å². The summed E-state index contributed by atoms with van der Waals surface area (Å²) in [5, 5.41) is 1.03. The molecule has 0 unspecified atom stereocenters. The van der Waals surface area contributed by atoms with Crippen LogP contribution in [0.1, 0.15) is 12.7 Å². The minimum atomic E-state index is -0.375. The van der Waals surface area contributed by atoms with E-state index in [4.69, 9.17) is 0 Å². The largest absolute Gasteiger partial charge is 0.332 e. The van der Waals surface area contributed by atoms with E-state index in [1.165, 1.54) is 23.4 Å². The van der Waals surface area contributed by atoms with Gasteiger partial charge in [-0.3, -0.25) is 13.9 Å². The van der Waals surface area contributed by atoms with Gasteiger partial charge in [-0.1, -0.05) is 6.92 Å². The SMILES string of the molecule is CCc1nc(SC)c2c(=O)n(C)c(=O)n(C)c2n1. The van der Waals surface area contributed by atoms with Gasteiger partial charge in [0.05, 0.1) is 0 Å². The molecule has 0 spiro atoms. The lowest BCUT2D eigenvalue weighted by Gasteiger charge is -2.09. The molecule has 2 rings (SSSR count). The van der Waals surface area contributed by atoms with Crippen molar-refractivity contribution < 1.29 is 0 Å². The van der Waals surface area contributed by atoms with E-state index < -0.39 is 0 Å². The highest BCUT2D eigenvalue weighted by atomic mass is 32.2. The first-order valence-electron chi connectivity index (χ1n) is 5.51. The highest BCUT2D eigenvalue weighted by Gasteiger charge is 2.15. The van der Waals surface area contributed by atoms with Crippen LogP contribution < -0.4 is 11.2 Å². The zero-order valence-electron chi connectivity index (χ0n) is 10.7. The summed E-state index contributed by atoms with van der Waals surface area (Å²) in [5.74, 6) is 0.634. The molecule has 0 saturated carbocycles. The molecule has 2 aromatic heterocycles. The monoisotopic (exact) mass is 266 g/mol. The number of thioether (sulfide) groups is 1. The van der Waals surface area contributed by atoms with Gasteiger partial charge in [-0.2, -0.15) is 0 Å². The fraction of sp³-hybridized carbons (Fsp3) is 0.455. The first-order valence-corrected chi connectivity index (χ1v) is 6.74. The van der Waals surface area contributed by atoms with Gasteiger partial charge in [0.2, 0.25) is 0 Å². The first-order chi connectivity index (χ1) is 8.51. The molecule has 96 valence electrons. The van der Waals surface area contributed by atoms with E-state index in [1.807, 2.05) is 13.2 Å². The van der Waals surface area contributed by atoms with Crippen LogP contribution in [-0.4, -0.2) is 25.4 Å². The first kappa shape index (κ1) is 12.8. The summed E-state index contributed by atoms with van der Waals surface area (Å²) in [6, 6.07) is 0. The van der Waals surface area contributed by atoms with Crippen LogP contribution >= 0.6 is 11.8 Å². The third-order valence-electron chi connectivity index (χ3n) is 2.82. The van der Waals surface area contributed by atoms with Crippen LogP contribution in [0.25, 0.3) is 11.0 Å². The van der Waals surface area contributed by atoms with Crippen LogP contribution in [0.5, 0.6) is 0 Å². The number of aryl methyl sites for hydroxylation is 2. The van der Waals surface area contributed by atoms with Crippen molar-refractivity contribution in [2.75, 3.05) is 6.26 Å². The number of rotatable bonds is 2. The Labute approximate surface area is 108 Å². The second-order valence-electron chi connectivity index (χ2n) is 3.91. The van der Waals surface area contributed by atoms with Gasteiger partial charge in [0.1, 0.15) is 16.2 Å². The minimum Gasteiger partial charge on any atom is -0.280 e. The standard InChI is InChI=1S/C11H14N4O2S/c1-5-6-12-8-7(9(13-6)18-4)10(16)15(3)11(17)14(8)2/h5H2,1-4H3. The minimum absolute atomic E-state index is 0.347. The molecule has 0 aliphatic heterocycles. The second kappa shape index (κ2) is 4.56. The zero-order chi connectivity index (χ0) is 13.4. The predicted molar refractivity (Wildman–Crippen MR) is 71.2 cm³/mol. The van der Waals surface area contributed by atoms with Crippen LogP contribution in [0, 0.1) is 0 Å². The van der Waals surface area contributed by atoms with Crippen LogP contribution in [0.15, 0.2) is 14.6 Å². The van der Waals surface area contributed by atoms with Gasteiger partial charge < -0.3 is 0 Å². The molecule has 0 aliphatic carbocycles. The molecule has 0 atom stereocenters. The summed E-state index contributed by atoms with van der Waals surface area (Å²) in [4.78, 5) is 32.6. The lowest BCUT2D eigenvalue weighted by molar-refractivity contribution is 0.698. The third kappa shape index (κ3) is 1.74. The van der Waals surface area contributed by atoms with Crippen molar-refractivity contribution in [3.8, 4) is 0 Å². The van der Waals surface area contributed by atoms with Crippen molar-refractivity contribution in [2.45, 2.75) is 18.4 Å². The van der Waals surface area contributed by atoms with Crippen LogP contribution in [0.3, 0.4) is 0 Å². The summed E-state index contributed by atoms with van der Waals surface area (Å²) < 4.78 is 2.47. The van der Waals surface area contributed by atoms with Gasteiger partial charge in [0.15, 0.2) is 5.65 Å². The molecule has 7 heteroatoms. The van der Waals surface area contributed by atoms with Gasteiger partial charge >= 0.3 is 5.69 Å². The van der Waals surface area contributed by atoms with Gasteiger partial charge in [0, 0.05) is 20.5 Å². The molecule has 0 fully saturated rings. The maximum absolute atomic E-state index is 12.1. The summed E-state index contributed by atoms with van der Waals surface area (Å²) in [6.07, 6.45) is 2.51. The Morgan fingerprint density at radius 2 is 1.83 bits per heavy atom. The Balaban J connectivity index is 3.10. The number of hydrogen-bond acceptors (Lipinski definition) is 5. The number of fused-ring (bicyclic) bond motifs is 1. The van der Waals surface area contributed by atoms with Crippen LogP contribution in [0.4, 0.5) is 0 Å². The lowest BCUT2D eigenvalue weighted by Crippen LogP contribution is -2.37. The van der Waals surface area contributed by atoms with Crippen LogP contribution in [-0.2, 0) is 20.5 Å². The second-order valence-corrected chi connectivity index (χ2v) is 4.70. The Morgan fingerprint density at radius 3 is 2.39 bits per heavy atom. The molecule has 18 heavy (non-hydrogen) atoms. The molecule has 0 saturated heterocycles. The molecular weight excluding hydrogens is 252 g/mol. The van der Waals surface area contributed by atoms with Crippen molar-refractivity contribution in [1.29, 1.82) is 0 Å². The Hall–Kier alpha value is -1.63. The van der Waals surface area contributed by atoms with Crippen LogP contribution in [0.2, 0.25) is 0 Å². The van der Waals surface area contributed by atoms with Gasteiger partial charge in [-0.15, -0.1) is 11.8 Å². The molecular formula is C11H14N4O2S. The van der Waals surface area contributed by atoms with Gasteiger partial charge in [-0.05, 0) is 6.26 Å². The van der Waals surface area contributed by atoms with Crippen molar-refractivity contribution in [2.24, 2.45) is 14.1 Å². The Kier molecular flexibility index (Phi) is 3.25. The quantitative estimate of drug-likeness (QED) is 0.578. The maximum atomic E-state index is 12.1.